The Kier molecular flexibility index (Phi) is 5.76. The fraction of sp³-hybridized carbons (Fsp3) is 0.462. The summed E-state index contributed by atoms with van der Waals surface area (Å²) < 4.78 is 5.39. The van der Waals surface area contributed by atoms with Gasteiger partial charge in [-0.1, -0.05) is 18.5 Å². The molecule has 0 bridgehead atoms. The van der Waals surface area contributed by atoms with Crippen LogP contribution in [0.1, 0.15) is 27.2 Å². The summed E-state index contributed by atoms with van der Waals surface area (Å²) in [5.41, 5.74) is -0.140. The molecule has 110 valence electrons. The highest BCUT2D eigenvalue weighted by Gasteiger charge is 2.19. The number of nitrogens with zero attached hydrogens (tertiary/aromatic N) is 1. The second kappa shape index (κ2) is 7.09. The third kappa shape index (κ3) is 4.38. The summed E-state index contributed by atoms with van der Waals surface area (Å²) in [5, 5.41) is 13.7. The zero-order chi connectivity index (χ0) is 15.3. The topological polar surface area (TPSA) is 81.5 Å². The van der Waals surface area contributed by atoms with E-state index in [4.69, 9.17) is 16.3 Å². The monoisotopic (exact) mass is 300 g/mol. The van der Waals surface area contributed by atoms with Crippen molar-refractivity contribution in [3.05, 3.63) is 33.3 Å². The number of amides is 1. The molecule has 2 atom stereocenters. The molecule has 1 aromatic carbocycles. The van der Waals surface area contributed by atoms with Crippen molar-refractivity contribution in [2.75, 3.05) is 0 Å². The van der Waals surface area contributed by atoms with Crippen LogP contribution in [0, 0.1) is 10.1 Å². The van der Waals surface area contributed by atoms with Crippen LogP contribution in [0.5, 0.6) is 5.75 Å². The minimum absolute atomic E-state index is 0.0362. The number of non-ortho nitro benzene ring substituents is 1. The van der Waals surface area contributed by atoms with Crippen molar-refractivity contribution in [2.45, 2.75) is 39.3 Å². The predicted molar refractivity (Wildman–Crippen MR) is 76.1 cm³/mol. The normalized spacial score (nSPS) is 13.4. The molecule has 1 amide bonds. The van der Waals surface area contributed by atoms with E-state index in [1.807, 2.05) is 13.8 Å². The number of carbonyl (C=O) groups excluding carboxylic acids is 1. The molecule has 1 N–H and O–H groups in total. The summed E-state index contributed by atoms with van der Waals surface area (Å²) in [5.74, 6) is -0.172. The summed E-state index contributed by atoms with van der Waals surface area (Å²) in [6.45, 7) is 5.39. The highest BCUT2D eigenvalue weighted by atomic mass is 35.5. The quantitative estimate of drug-likeness (QED) is 0.647. The maximum atomic E-state index is 11.8. The van der Waals surface area contributed by atoms with Crippen molar-refractivity contribution in [1.82, 2.24) is 5.32 Å². The largest absolute Gasteiger partial charge is 0.479 e. The number of nitro benzene ring substituents is 1. The van der Waals surface area contributed by atoms with E-state index in [0.29, 0.717) is 0 Å². The SMILES string of the molecule is CCC(C)NC(=O)C(C)Oc1cc([N+](=O)[O-])ccc1Cl. The molecule has 0 saturated heterocycles. The smallest absolute Gasteiger partial charge is 0.273 e. The number of ether oxygens (including phenoxy) is 1. The van der Waals surface area contributed by atoms with Crippen molar-refractivity contribution in [3.8, 4) is 5.75 Å². The van der Waals surface area contributed by atoms with Crippen LogP contribution in [0.3, 0.4) is 0 Å². The molecule has 2 unspecified atom stereocenters. The van der Waals surface area contributed by atoms with Crippen molar-refractivity contribution in [3.63, 3.8) is 0 Å². The van der Waals surface area contributed by atoms with Crippen LogP contribution in [-0.4, -0.2) is 23.0 Å². The van der Waals surface area contributed by atoms with Gasteiger partial charge in [0, 0.05) is 12.1 Å². The van der Waals surface area contributed by atoms with Gasteiger partial charge in [-0.05, 0) is 26.3 Å². The van der Waals surface area contributed by atoms with Crippen molar-refractivity contribution >= 4 is 23.2 Å². The first-order valence-electron chi connectivity index (χ1n) is 6.26. The maximum Gasteiger partial charge on any atom is 0.273 e. The Hall–Kier alpha value is -1.82. The number of rotatable bonds is 6. The third-order valence-corrected chi connectivity index (χ3v) is 3.11. The van der Waals surface area contributed by atoms with Gasteiger partial charge in [-0.3, -0.25) is 14.9 Å². The Morgan fingerprint density at radius 3 is 2.70 bits per heavy atom. The molecule has 0 fully saturated rings. The summed E-state index contributed by atoms with van der Waals surface area (Å²) in [4.78, 5) is 22.0. The molecule has 0 radical (unpaired) electrons. The lowest BCUT2D eigenvalue weighted by Gasteiger charge is -2.18. The second-order valence-electron chi connectivity index (χ2n) is 4.45. The van der Waals surface area contributed by atoms with E-state index in [2.05, 4.69) is 5.32 Å². The molecular weight excluding hydrogens is 284 g/mol. The highest BCUT2D eigenvalue weighted by molar-refractivity contribution is 6.32. The minimum Gasteiger partial charge on any atom is -0.479 e. The molecule has 0 spiro atoms. The second-order valence-corrected chi connectivity index (χ2v) is 4.86. The van der Waals surface area contributed by atoms with E-state index in [-0.39, 0.29) is 28.4 Å². The molecule has 7 heteroatoms. The standard InChI is InChI=1S/C13H17ClN2O4/c1-4-8(2)15-13(17)9(3)20-12-7-10(16(18)19)5-6-11(12)14/h5-9H,4H2,1-3H3,(H,15,17). The number of halogens is 1. The fourth-order valence-corrected chi connectivity index (χ4v) is 1.56. The maximum absolute atomic E-state index is 11.8. The number of hydrogen-bond donors (Lipinski definition) is 1. The van der Waals surface area contributed by atoms with Crippen molar-refractivity contribution in [2.24, 2.45) is 0 Å². The number of nitro groups is 1. The molecule has 1 rings (SSSR count). The van der Waals surface area contributed by atoms with E-state index in [1.165, 1.54) is 18.2 Å². The van der Waals surface area contributed by atoms with Gasteiger partial charge < -0.3 is 10.1 Å². The van der Waals surface area contributed by atoms with Crippen molar-refractivity contribution in [1.29, 1.82) is 0 Å². The third-order valence-electron chi connectivity index (χ3n) is 2.80. The molecule has 20 heavy (non-hydrogen) atoms. The number of nitrogens with one attached hydrogen (secondary N) is 1. The lowest BCUT2D eigenvalue weighted by molar-refractivity contribution is -0.384. The first-order chi connectivity index (χ1) is 9.35. The molecule has 6 nitrogen and oxygen atoms in total. The molecule has 1 aromatic rings. The molecule has 0 aliphatic heterocycles. The zero-order valence-corrected chi connectivity index (χ0v) is 12.3. The zero-order valence-electron chi connectivity index (χ0n) is 11.6. The molecule has 0 aliphatic rings. The van der Waals surface area contributed by atoms with Crippen LogP contribution in [0.15, 0.2) is 18.2 Å². The summed E-state index contributed by atoms with van der Waals surface area (Å²) in [7, 11) is 0. The van der Waals surface area contributed by atoms with Crippen molar-refractivity contribution < 1.29 is 14.5 Å². The highest BCUT2D eigenvalue weighted by Crippen LogP contribution is 2.29. The summed E-state index contributed by atoms with van der Waals surface area (Å²) >= 11 is 5.90. The number of benzene rings is 1. The van der Waals surface area contributed by atoms with Gasteiger partial charge in [0.2, 0.25) is 0 Å². The molecule has 0 saturated carbocycles. The van der Waals surface area contributed by atoms with Gasteiger partial charge in [-0.2, -0.15) is 0 Å². The number of carbonyl (C=O) groups is 1. The average Bonchev–Trinajstić information content (AvgIpc) is 2.40. The Morgan fingerprint density at radius 2 is 2.15 bits per heavy atom. The van der Waals surface area contributed by atoms with Gasteiger partial charge in [0.25, 0.3) is 11.6 Å². The van der Waals surface area contributed by atoms with E-state index in [1.54, 1.807) is 6.92 Å². The molecule has 0 aliphatic carbocycles. The van der Waals surface area contributed by atoms with E-state index in [9.17, 15) is 14.9 Å². The Labute approximate surface area is 122 Å². The minimum atomic E-state index is -0.788. The van der Waals surface area contributed by atoms with Crippen LogP contribution in [0.25, 0.3) is 0 Å². The molecule has 0 aromatic heterocycles. The Bertz CT molecular complexity index is 507. The van der Waals surface area contributed by atoms with Crippen LogP contribution < -0.4 is 10.1 Å². The molecule has 0 heterocycles. The number of hydrogen-bond acceptors (Lipinski definition) is 4. The van der Waals surface area contributed by atoms with Crippen LogP contribution >= 0.6 is 11.6 Å². The summed E-state index contributed by atoms with van der Waals surface area (Å²) in [6, 6.07) is 3.89. The fourth-order valence-electron chi connectivity index (χ4n) is 1.40. The average molecular weight is 301 g/mol. The van der Waals surface area contributed by atoms with E-state index < -0.39 is 11.0 Å². The van der Waals surface area contributed by atoms with Gasteiger partial charge in [-0.25, -0.2) is 0 Å². The Morgan fingerprint density at radius 1 is 1.50 bits per heavy atom. The first-order valence-corrected chi connectivity index (χ1v) is 6.64. The lowest BCUT2D eigenvalue weighted by atomic mass is 10.2. The van der Waals surface area contributed by atoms with Gasteiger partial charge in [-0.15, -0.1) is 0 Å². The van der Waals surface area contributed by atoms with Gasteiger partial charge in [0.05, 0.1) is 16.0 Å². The van der Waals surface area contributed by atoms with E-state index in [0.717, 1.165) is 6.42 Å². The lowest BCUT2D eigenvalue weighted by Crippen LogP contribution is -2.41. The predicted octanol–water partition coefficient (Wildman–Crippen LogP) is 2.93. The van der Waals surface area contributed by atoms with Crippen LogP contribution in [-0.2, 0) is 4.79 Å². The van der Waals surface area contributed by atoms with Crippen LogP contribution in [0.4, 0.5) is 5.69 Å². The van der Waals surface area contributed by atoms with Crippen LogP contribution in [0.2, 0.25) is 5.02 Å². The summed E-state index contributed by atoms with van der Waals surface area (Å²) in [6.07, 6.45) is 0.0132. The Balaban J connectivity index is 2.79. The molecular formula is C13H17ClN2O4. The van der Waals surface area contributed by atoms with Gasteiger partial charge in [0.1, 0.15) is 5.75 Å². The van der Waals surface area contributed by atoms with Gasteiger partial charge >= 0.3 is 0 Å². The van der Waals surface area contributed by atoms with Gasteiger partial charge in [0.15, 0.2) is 6.10 Å². The first kappa shape index (κ1) is 16.2. The van der Waals surface area contributed by atoms with E-state index >= 15 is 0 Å².